The van der Waals surface area contributed by atoms with Crippen LogP contribution in [0.3, 0.4) is 0 Å². The van der Waals surface area contributed by atoms with Crippen LogP contribution in [0.2, 0.25) is 5.02 Å². The molecule has 122 valence electrons. The van der Waals surface area contributed by atoms with Crippen LogP contribution in [-0.4, -0.2) is 15.5 Å². The molecule has 1 aromatic carbocycles. The Hall–Kier alpha value is -2.66. The molecule has 2 heterocycles. The van der Waals surface area contributed by atoms with E-state index in [9.17, 15) is 9.59 Å². The van der Waals surface area contributed by atoms with Crippen molar-refractivity contribution in [2.24, 2.45) is 0 Å². The second kappa shape index (κ2) is 6.45. The van der Waals surface area contributed by atoms with Gasteiger partial charge < -0.3 is 5.32 Å². The van der Waals surface area contributed by atoms with Crippen molar-refractivity contribution >= 4 is 34.2 Å². The Labute approximate surface area is 143 Å². The number of aromatic nitrogens is 2. The summed E-state index contributed by atoms with van der Waals surface area (Å²) in [6.07, 6.45) is 1.63. The first-order chi connectivity index (χ1) is 11.5. The second-order valence-corrected chi connectivity index (χ2v) is 5.87. The molecule has 2 aromatic heterocycles. The number of nitrogens with one attached hydrogen (secondary N) is 1. The Morgan fingerprint density at radius 3 is 2.83 bits per heavy atom. The van der Waals surface area contributed by atoms with Crippen molar-refractivity contribution in [3.8, 4) is 0 Å². The monoisotopic (exact) mass is 341 g/mol. The molecule has 1 amide bonds. The number of carbonyl (C=O) groups is 1. The molecule has 0 saturated carbocycles. The molecule has 0 aliphatic rings. The molecule has 24 heavy (non-hydrogen) atoms. The van der Waals surface area contributed by atoms with Gasteiger partial charge >= 0.3 is 0 Å². The third-order valence-electron chi connectivity index (χ3n) is 3.86. The van der Waals surface area contributed by atoms with Crippen LogP contribution in [-0.2, 0) is 6.54 Å². The molecule has 3 rings (SSSR count). The number of pyridine rings is 2. The predicted octanol–water partition coefficient (Wildman–Crippen LogP) is 3.63. The number of anilines is 1. The fraction of sp³-hybridized carbons (Fsp3) is 0.167. The van der Waals surface area contributed by atoms with Crippen molar-refractivity contribution in [3.05, 3.63) is 69.1 Å². The summed E-state index contributed by atoms with van der Waals surface area (Å²) in [6.45, 7) is 4.14. The molecule has 0 radical (unpaired) electrons. The zero-order valence-corrected chi connectivity index (χ0v) is 14.1. The minimum absolute atomic E-state index is 0.0803. The topological polar surface area (TPSA) is 64.0 Å². The Kier molecular flexibility index (Phi) is 4.36. The lowest BCUT2D eigenvalue weighted by molar-refractivity contribution is 0.102. The van der Waals surface area contributed by atoms with Crippen molar-refractivity contribution in [3.63, 3.8) is 0 Å². The highest BCUT2D eigenvalue weighted by molar-refractivity contribution is 6.31. The molecule has 0 aliphatic carbocycles. The van der Waals surface area contributed by atoms with Gasteiger partial charge in [-0.15, -0.1) is 0 Å². The van der Waals surface area contributed by atoms with E-state index in [0.717, 1.165) is 10.9 Å². The Morgan fingerprint density at radius 2 is 2.08 bits per heavy atom. The molecule has 3 aromatic rings. The summed E-state index contributed by atoms with van der Waals surface area (Å²) in [5.74, 6) is -0.460. The zero-order valence-electron chi connectivity index (χ0n) is 13.3. The molecule has 0 bridgehead atoms. The number of halogens is 1. The van der Waals surface area contributed by atoms with E-state index < -0.39 is 5.91 Å². The SMILES string of the molecule is CCn1c(=O)c(C(=O)Nc2cc(Cl)ccc2C)cc2cccnc21. The second-order valence-electron chi connectivity index (χ2n) is 5.44. The number of aryl methyl sites for hydroxylation is 2. The molecule has 1 N–H and O–H groups in total. The van der Waals surface area contributed by atoms with Gasteiger partial charge in [0, 0.05) is 28.8 Å². The Bertz CT molecular complexity index is 995. The summed E-state index contributed by atoms with van der Waals surface area (Å²) in [6, 6.07) is 10.4. The number of nitrogens with zero attached hydrogens (tertiary/aromatic N) is 2. The molecular weight excluding hydrogens is 326 g/mol. The van der Waals surface area contributed by atoms with Crippen molar-refractivity contribution in [2.75, 3.05) is 5.32 Å². The third-order valence-corrected chi connectivity index (χ3v) is 4.09. The van der Waals surface area contributed by atoms with Crippen molar-refractivity contribution < 1.29 is 4.79 Å². The van der Waals surface area contributed by atoms with E-state index >= 15 is 0 Å². The minimum atomic E-state index is -0.460. The zero-order chi connectivity index (χ0) is 17.3. The number of hydrogen-bond acceptors (Lipinski definition) is 3. The van der Waals surface area contributed by atoms with E-state index in [2.05, 4.69) is 10.3 Å². The lowest BCUT2D eigenvalue weighted by Crippen LogP contribution is -2.29. The van der Waals surface area contributed by atoms with Crippen LogP contribution in [0, 0.1) is 6.92 Å². The number of benzene rings is 1. The molecule has 0 fully saturated rings. The van der Waals surface area contributed by atoms with E-state index in [1.165, 1.54) is 4.57 Å². The summed E-state index contributed by atoms with van der Waals surface area (Å²) in [5.41, 5.74) is 1.74. The number of hydrogen-bond donors (Lipinski definition) is 1. The van der Waals surface area contributed by atoms with Crippen LogP contribution in [0.25, 0.3) is 11.0 Å². The predicted molar refractivity (Wildman–Crippen MR) is 95.8 cm³/mol. The van der Waals surface area contributed by atoms with Crippen molar-refractivity contribution in [1.29, 1.82) is 0 Å². The van der Waals surface area contributed by atoms with E-state index in [0.29, 0.717) is 22.9 Å². The first-order valence-corrected chi connectivity index (χ1v) is 7.95. The van der Waals surface area contributed by atoms with Gasteiger partial charge in [0.25, 0.3) is 11.5 Å². The molecule has 6 heteroatoms. The van der Waals surface area contributed by atoms with Crippen molar-refractivity contribution in [2.45, 2.75) is 20.4 Å². The number of rotatable bonds is 3. The highest BCUT2D eigenvalue weighted by Crippen LogP contribution is 2.21. The van der Waals surface area contributed by atoms with Crippen LogP contribution in [0.5, 0.6) is 0 Å². The fourth-order valence-corrected chi connectivity index (χ4v) is 2.75. The maximum Gasteiger partial charge on any atom is 0.265 e. The number of carbonyl (C=O) groups excluding carboxylic acids is 1. The van der Waals surface area contributed by atoms with Gasteiger partial charge in [0.1, 0.15) is 11.2 Å². The van der Waals surface area contributed by atoms with E-state index in [1.54, 1.807) is 30.5 Å². The molecule has 5 nitrogen and oxygen atoms in total. The first kappa shape index (κ1) is 16.2. The van der Waals surface area contributed by atoms with Gasteiger partial charge in [-0.2, -0.15) is 0 Å². The summed E-state index contributed by atoms with van der Waals surface area (Å²) < 4.78 is 1.50. The summed E-state index contributed by atoms with van der Waals surface area (Å²) >= 11 is 5.98. The van der Waals surface area contributed by atoms with Crippen LogP contribution in [0.1, 0.15) is 22.8 Å². The molecule has 0 unspecified atom stereocenters. The molecule has 0 atom stereocenters. The molecular formula is C18H16ClN3O2. The highest BCUT2D eigenvalue weighted by atomic mass is 35.5. The van der Waals surface area contributed by atoms with Gasteiger partial charge in [-0.25, -0.2) is 4.98 Å². The summed E-state index contributed by atoms with van der Waals surface area (Å²) in [4.78, 5) is 29.5. The standard InChI is InChI=1S/C18H16ClN3O2/c1-3-22-16-12(5-4-8-20-16)9-14(18(22)24)17(23)21-15-10-13(19)7-6-11(15)2/h4-10H,3H2,1-2H3,(H,21,23). The van der Waals surface area contributed by atoms with E-state index in [4.69, 9.17) is 11.6 Å². The summed E-state index contributed by atoms with van der Waals surface area (Å²) in [7, 11) is 0. The van der Waals surface area contributed by atoms with Gasteiger partial charge in [0.15, 0.2) is 0 Å². The highest BCUT2D eigenvalue weighted by Gasteiger charge is 2.16. The number of fused-ring (bicyclic) bond motifs is 1. The van der Waals surface area contributed by atoms with Crippen molar-refractivity contribution in [1.82, 2.24) is 9.55 Å². The first-order valence-electron chi connectivity index (χ1n) is 7.57. The van der Waals surface area contributed by atoms with E-state index in [1.807, 2.05) is 26.0 Å². The normalized spacial score (nSPS) is 10.8. The molecule has 0 saturated heterocycles. The Balaban J connectivity index is 2.09. The van der Waals surface area contributed by atoms with Gasteiger partial charge in [0.05, 0.1) is 0 Å². The quantitative estimate of drug-likeness (QED) is 0.791. The third kappa shape index (κ3) is 2.90. The Morgan fingerprint density at radius 1 is 1.29 bits per heavy atom. The van der Waals surface area contributed by atoms with Gasteiger partial charge in [-0.3, -0.25) is 14.2 Å². The van der Waals surface area contributed by atoms with Crippen LogP contribution in [0.4, 0.5) is 5.69 Å². The lowest BCUT2D eigenvalue weighted by atomic mass is 10.1. The smallest absolute Gasteiger partial charge is 0.265 e. The maximum absolute atomic E-state index is 12.6. The molecule has 0 aliphatic heterocycles. The number of amides is 1. The minimum Gasteiger partial charge on any atom is -0.322 e. The maximum atomic E-state index is 12.6. The van der Waals surface area contributed by atoms with Gasteiger partial charge in [-0.1, -0.05) is 17.7 Å². The van der Waals surface area contributed by atoms with Crippen LogP contribution < -0.4 is 10.9 Å². The van der Waals surface area contributed by atoms with Crippen LogP contribution >= 0.6 is 11.6 Å². The van der Waals surface area contributed by atoms with Gasteiger partial charge in [-0.05, 0) is 49.7 Å². The average Bonchev–Trinajstić information content (AvgIpc) is 2.57. The lowest BCUT2D eigenvalue weighted by Gasteiger charge is -2.12. The van der Waals surface area contributed by atoms with Gasteiger partial charge in [0.2, 0.25) is 0 Å². The van der Waals surface area contributed by atoms with E-state index in [-0.39, 0.29) is 11.1 Å². The largest absolute Gasteiger partial charge is 0.322 e. The molecule has 0 spiro atoms. The fourth-order valence-electron chi connectivity index (χ4n) is 2.58. The van der Waals surface area contributed by atoms with Crippen LogP contribution in [0.15, 0.2) is 47.4 Å². The summed E-state index contributed by atoms with van der Waals surface area (Å²) in [5, 5.41) is 4.03. The average molecular weight is 342 g/mol.